The Morgan fingerprint density at radius 1 is 1.14 bits per heavy atom. The van der Waals surface area contributed by atoms with Crippen molar-refractivity contribution in [3.63, 3.8) is 0 Å². The number of rotatable bonds is 5. The van der Waals surface area contributed by atoms with Crippen molar-refractivity contribution in [2.75, 3.05) is 0 Å². The van der Waals surface area contributed by atoms with E-state index >= 15 is 0 Å². The molecule has 0 spiro atoms. The van der Waals surface area contributed by atoms with E-state index in [4.69, 9.17) is 0 Å². The Kier molecular flexibility index (Phi) is 4.72. The van der Waals surface area contributed by atoms with E-state index in [0.717, 1.165) is 34.3 Å². The van der Waals surface area contributed by atoms with Crippen LogP contribution in [0.3, 0.4) is 0 Å². The number of hydrogen-bond acceptors (Lipinski definition) is 4. The summed E-state index contributed by atoms with van der Waals surface area (Å²) in [5.74, 6) is 3.50. The van der Waals surface area contributed by atoms with Crippen LogP contribution in [0.5, 0.6) is 0 Å². The van der Waals surface area contributed by atoms with Crippen LogP contribution in [0.15, 0.2) is 29.4 Å². The summed E-state index contributed by atoms with van der Waals surface area (Å²) in [4.78, 5) is 13.1. The average Bonchev–Trinajstić information content (AvgIpc) is 3.01. The fourth-order valence-corrected chi connectivity index (χ4v) is 7.13. The van der Waals surface area contributed by atoms with Gasteiger partial charge in [0.05, 0.1) is 5.25 Å². The highest BCUT2D eigenvalue weighted by molar-refractivity contribution is 8.00. The predicted molar refractivity (Wildman–Crippen MR) is 116 cm³/mol. The zero-order valence-corrected chi connectivity index (χ0v) is 18.3. The summed E-state index contributed by atoms with van der Waals surface area (Å²) < 4.78 is 2.00. The number of nitrogens with zero attached hydrogens (tertiary/aromatic N) is 3. The summed E-state index contributed by atoms with van der Waals surface area (Å²) in [6, 6.07) is 8.20. The van der Waals surface area contributed by atoms with E-state index in [-0.39, 0.29) is 16.7 Å². The lowest BCUT2D eigenvalue weighted by Crippen LogP contribution is -2.60. The number of carbonyl (C=O) groups excluding carboxylic acids is 1. The number of aryl methyl sites for hydroxylation is 1. The van der Waals surface area contributed by atoms with Crippen molar-refractivity contribution in [1.82, 2.24) is 20.1 Å². The van der Waals surface area contributed by atoms with Gasteiger partial charge in [0.25, 0.3) is 0 Å². The number of carbonyl (C=O) groups is 1. The van der Waals surface area contributed by atoms with Crippen LogP contribution in [0.1, 0.15) is 51.0 Å². The molecule has 4 fully saturated rings. The van der Waals surface area contributed by atoms with Crippen molar-refractivity contribution in [3.05, 3.63) is 29.8 Å². The monoisotopic (exact) mass is 410 g/mol. The van der Waals surface area contributed by atoms with Crippen LogP contribution in [0.4, 0.5) is 0 Å². The van der Waals surface area contributed by atoms with Crippen LogP contribution in [0.2, 0.25) is 0 Å². The molecule has 1 aromatic carbocycles. The smallest absolute Gasteiger partial charge is 0.233 e. The van der Waals surface area contributed by atoms with Gasteiger partial charge in [-0.05, 0) is 75.7 Å². The highest BCUT2D eigenvalue weighted by Gasteiger charge is 2.51. The van der Waals surface area contributed by atoms with Gasteiger partial charge in [-0.1, -0.05) is 36.0 Å². The molecule has 4 saturated carbocycles. The number of aromatic nitrogens is 3. The molecule has 6 rings (SSSR count). The lowest BCUT2D eigenvalue weighted by Gasteiger charge is -2.57. The van der Waals surface area contributed by atoms with Crippen LogP contribution in [-0.4, -0.2) is 31.5 Å². The summed E-state index contributed by atoms with van der Waals surface area (Å²) in [6.45, 7) is 4.07. The minimum Gasteiger partial charge on any atom is -0.350 e. The second-order valence-electron chi connectivity index (χ2n) is 9.63. The van der Waals surface area contributed by atoms with Crippen LogP contribution in [-0.2, 0) is 11.8 Å². The van der Waals surface area contributed by atoms with Crippen molar-refractivity contribution in [2.24, 2.45) is 24.8 Å². The van der Waals surface area contributed by atoms with Gasteiger partial charge in [0.15, 0.2) is 11.0 Å². The summed E-state index contributed by atoms with van der Waals surface area (Å²) in [5, 5.41) is 12.9. The molecule has 4 aliphatic rings. The van der Waals surface area contributed by atoms with E-state index in [9.17, 15) is 4.79 Å². The zero-order valence-electron chi connectivity index (χ0n) is 17.5. The lowest BCUT2D eigenvalue weighted by atomic mass is 9.53. The SMILES string of the molecule is Cc1ccccc1-c1nnc(S[C@@H](C)C(=O)NC23CC4CC(CC(C4)C2)C3)n1C. The Morgan fingerprint density at radius 3 is 2.38 bits per heavy atom. The zero-order chi connectivity index (χ0) is 20.2. The number of nitrogens with one attached hydrogen (secondary N) is 1. The normalized spacial score (nSPS) is 31.1. The van der Waals surface area contributed by atoms with Gasteiger partial charge >= 0.3 is 0 Å². The maximum atomic E-state index is 13.1. The number of amides is 1. The molecule has 1 heterocycles. The summed E-state index contributed by atoms with van der Waals surface area (Å²) in [6.07, 6.45) is 7.72. The van der Waals surface area contributed by atoms with Gasteiger partial charge in [0.2, 0.25) is 5.91 Å². The third-order valence-corrected chi connectivity index (χ3v) is 8.43. The van der Waals surface area contributed by atoms with Gasteiger partial charge < -0.3 is 9.88 Å². The quantitative estimate of drug-likeness (QED) is 0.744. The van der Waals surface area contributed by atoms with E-state index in [1.807, 2.05) is 30.7 Å². The first-order valence-corrected chi connectivity index (χ1v) is 11.7. The second kappa shape index (κ2) is 7.15. The maximum absolute atomic E-state index is 13.1. The third-order valence-electron chi connectivity index (χ3n) is 7.30. The van der Waals surface area contributed by atoms with Crippen molar-refractivity contribution >= 4 is 17.7 Å². The predicted octanol–water partition coefficient (Wildman–Crippen LogP) is 4.36. The van der Waals surface area contributed by atoms with Crippen molar-refractivity contribution in [3.8, 4) is 11.4 Å². The Balaban J connectivity index is 1.28. The van der Waals surface area contributed by atoms with E-state index in [0.29, 0.717) is 0 Å². The molecule has 0 radical (unpaired) electrons. The van der Waals surface area contributed by atoms with E-state index in [1.165, 1.54) is 55.9 Å². The largest absolute Gasteiger partial charge is 0.350 e. The first kappa shape index (κ1) is 19.2. The Bertz CT molecular complexity index is 901. The molecule has 4 aliphatic carbocycles. The topological polar surface area (TPSA) is 59.8 Å². The number of thioether (sulfide) groups is 1. The van der Waals surface area contributed by atoms with Crippen molar-refractivity contribution in [1.29, 1.82) is 0 Å². The maximum Gasteiger partial charge on any atom is 0.233 e. The molecule has 1 amide bonds. The average molecular weight is 411 g/mol. The molecule has 0 saturated heterocycles. The Labute approximate surface area is 177 Å². The molecule has 1 atom stereocenters. The van der Waals surface area contributed by atoms with Crippen LogP contribution < -0.4 is 5.32 Å². The van der Waals surface area contributed by atoms with Gasteiger partial charge in [-0.25, -0.2) is 0 Å². The fraction of sp³-hybridized carbons (Fsp3) is 0.609. The minimum absolute atomic E-state index is 0.0624. The molecule has 2 aromatic rings. The van der Waals surface area contributed by atoms with Crippen molar-refractivity contribution in [2.45, 2.75) is 68.3 Å². The molecule has 154 valence electrons. The second-order valence-corrected chi connectivity index (χ2v) is 10.9. The van der Waals surface area contributed by atoms with Gasteiger partial charge in [0, 0.05) is 18.2 Å². The first-order valence-electron chi connectivity index (χ1n) is 10.9. The minimum atomic E-state index is -0.185. The molecule has 6 heteroatoms. The summed E-state index contributed by atoms with van der Waals surface area (Å²) in [5.41, 5.74) is 2.32. The molecular formula is C23H30N4OS. The highest BCUT2D eigenvalue weighted by atomic mass is 32.2. The molecule has 0 aliphatic heterocycles. The summed E-state index contributed by atoms with van der Waals surface area (Å²) >= 11 is 1.51. The van der Waals surface area contributed by atoms with Crippen LogP contribution >= 0.6 is 11.8 Å². The third kappa shape index (κ3) is 3.49. The molecule has 1 N–H and O–H groups in total. The van der Waals surface area contributed by atoms with Gasteiger partial charge in [-0.3, -0.25) is 4.79 Å². The fourth-order valence-electron chi connectivity index (χ4n) is 6.31. The molecule has 0 unspecified atom stereocenters. The Morgan fingerprint density at radius 2 is 1.76 bits per heavy atom. The summed E-state index contributed by atoms with van der Waals surface area (Å²) in [7, 11) is 1.98. The molecule has 4 bridgehead atoms. The molecule has 5 nitrogen and oxygen atoms in total. The number of hydrogen-bond donors (Lipinski definition) is 1. The van der Waals surface area contributed by atoms with E-state index in [2.05, 4.69) is 34.6 Å². The Hall–Kier alpha value is -1.82. The van der Waals surface area contributed by atoms with Gasteiger partial charge in [0.1, 0.15) is 0 Å². The highest BCUT2D eigenvalue weighted by Crippen LogP contribution is 2.55. The molecule has 29 heavy (non-hydrogen) atoms. The number of benzene rings is 1. The molecular weight excluding hydrogens is 380 g/mol. The first-order chi connectivity index (χ1) is 13.9. The van der Waals surface area contributed by atoms with Crippen LogP contribution in [0, 0.1) is 24.7 Å². The van der Waals surface area contributed by atoms with Gasteiger partial charge in [-0.2, -0.15) is 0 Å². The standard InChI is InChI=1S/C23H30N4OS/c1-14-6-4-5-7-19(14)20-25-26-22(27(20)3)29-15(2)21(28)24-23-11-16-8-17(12-23)10-18(9-16)13-23/h4-7,15-18H,8-13H2,1-3H3,(H,24,28)/t15-,16?,17?,18?,23?/m0/s1. The van der Waals surface area contributed by atoms with Crippen molar-refractivity contribution < 1.29 is 4.79 Å². The van der Waals surface area contributed by atoms with E-state index < -0.39 is 0 Å². The van der Waals surface area contributed by atoms with Crippen LogP contribution in [0.25, 0.3) is 11.4 Å². The van der Waals surface area contributed by atoms with E-state index in [1.54, 1.807) is 0 Å². The molecule has 1 aromatic heterocycles. The van der Waals surface area contributed by atoms with Gasteiger partial charge in [-0.15, -0.1) is 10.2 Å². The lowest BCUT2D eigenvalue weighted by molar-refractivity contribution is -0.126.